The summed E-state index contributed by atoms with van der Waals surface area (Å²) in [6, 6.07) is 5.89. The lowest BCUT2D eigenvalue weighted by molar-refractivity contribution is 0.214. The van der Waals surface area contributed by atoms with Gasteiger partial charge in [-0.25, -0.2) is 0 Å². The van der Waals surface area contributed by atoms with E-state index in [9.17, 15) is 0 Å². The highest BCUT2D eigenvalue weighted by Gasteiger charge is 2.14. The van der Waals surface area contributed by atoms with Gasteiger partial charge in [-0.2, -0.15) is 0 Å². The number of ether oxygens (including phenoxy) is 1. The molecule has 2 rings (SSSR count). The van der Waals surface area contributed by atoms with Crippen LogP contribution in [0.3, 0.4) is 0 Å². The van der Waals surface area contributed by atoms with Gasteiger partial charge >= 0.3 is 0 Å². The molecule has 0 saturated carbocycles. The molecule has 0 bridgehead atoms. The smallest absolute Gasteiger partial charge is 0.122 e. The van der Waals surface area contributed by atoms with Gasteiger partial charge in [-0.15, -0.1) is 0 Å². The van der Waals surface area contributed by atoms with E-state index in [2.05, 4.69) is 12.2 Å². The van der Waals surface area contributed by atoms with E-state index in [4.69, 9.17) is 16.3 Å². The standard InChI is InChI=1S/C14H20ClNO/c1-2-12-9-13(15)3-4-14(12)17-10-11-5-7-16-8-6-11/h3-4,9,11,16H,2,5-8,10H2,1H3. The Balaban J connectivity index is 1.93. The first-order valence-corrected chi connectivity index (χ1v) is 6.79. The fourth-order valence-corrected chi connectivity index (χ4v) is 2.42. The van der Waals surface area contributed by atoms with Crippen molar-refractivity contribution in [3.8, 4) is 5.75 Å². The highest BCUT2D eigenvalue weighted by Crippen LogP contribution is 2.24. The maximum absolute atomic E-state index is 5.98. The molecule has 0 radical (unpaired) electrons. The Morgan fingerprint density at radius 2 is 2.12 bits per heavy atom. The topological polar surface area (TPSA) is 21.3 Å². The van der Waals surface area contributed by atoms with Crippen molar-refractivity contribution < 1.29 is 4.74 Å². The van der Waals surface area contributed by atoms with Crippen LogP contribution in [-0.2, 0) is 6.42 Å². The van der Waals surface area contributed by atoms with Gasteiger partial charge in [0.1, 0.15) is 5.75 Å². The van der Waals surface area contributed by atoms with Crippen LogP contribution in [0.4, 0.5) is 0 Å². The second-order valence-corrected chi connectivity index (χ2v) is 5.05. The van der Waals surface area contributed by atoms with E-state index >= 15 is 0 Å². The fourth-order valence-electron chi connectivity index (χ4n) is 2.22. The molecule has 0 aliphatic carbocycles. The van der Waals surface area contributed by atoms with Gasteiger partial charge in [0, 0.05) is 5.02 Å². The monoisotopic (exact) mass is 253 g/mol. The molecule has 3 heteroatoms. The number of nitrogens with one attached hydrogen (secondary N) is 1. The molecule has 1 aromatic rings. The van der Waals surface area contributed by atoms with E-state index in [0.717, 1.165) is 36.9 Å². The first-order valence-electron chi connectivity index (χ1n) is 6.41. The van der Waals surface area contributed by atoms with E-state index in [1.165, 1.54) is 18.4 Å². The zero-order chi connectivity index (χ0) is 12.1. The van der Waals surface area contributed by atoms with E-state index in [1.54, 1.807) is 0 Å². The minimum Gasteiger partial charge on any atom is -0.493 e. The van der Waals surface area contributed by atoms with Crippen LogP contribution in [0.15, 0.2) is 18.2 Å². The third-order valence-corrected chi connectivity index (χ3v) is 3.57. The number of hydrogen-bond acceptors (Lipinski definition) is 2. The number of rotatable bonds is 4. The molecule has 0 unspecified atom stereocenters. The summed E-state index contributed by atoms with van der Waals surface area (Å²) in [5.74, 6) is 1.69. The molecule has 1 aliphatic heterocycles. The molecule has 2 nitrogen and oxygen atoms in total. The van der Waals surface area contributed by atoms with Crippen molar-refractivity contribution in [3.63, 3.8) is 0 Å². The van der Waals surface area contributed by atoms with Crippen molar-refractivity contribution >= 4 is 11.6 Å². The molecule has 1 fully saturated rings. The van der Waals surface area contributed by atoms with Gasteiger partial charge in [0.15, 0.2) is 0 Å². The first-order chi connectivity index (χ1) is 8.29. The van der Waals surface area contributed by atoms with Crippen LogP contribution in [-0.4, -0.2) is 19.7 Å². The minimum atomic E-state index is 0.691. The number of piperidine rings is 1. The third kappa shape index (κ3) is 3.62. The Morgan fingerprint density at radius 1 is 1.35 bits per heavy atom. The molecule has 1 N–H and O–H groups in total. The Labute approximate surface area is 108 Å². The largest absolute Gasteiger partial charge is 0.493 e. The molecule has 1 aromatic carbocycles. The van der Waals surface area contributed by atoms with Crippen molar-refractivity contribution in [2.45, 2.75) is 26.2 Å². The zero-order valence-electron chi connectivity index (χ0n) is 10.3. The molecular weight excluding hydrogens is 234 g/mol. The molecule has 1 saturated heterocycles. The maximum Gasteiger partial charge on any atom is 0.122 e. The summed E-state index contributed by atoms with van der Waals surface area (Å²) >= 11 is 5.98. The van der Waals surface area contributed by atoms with Gasteiger partial charge in [-0.05, 0) is 62.0 Å². The summed E-state index contributed by atoms with van der Waals surface area (Å²) in [6.45, 7) is 5.20. The Morgan fingerprint density at radius 3 is 2.82 bits per heavy atom. The van der Waals surface area contributed by atoms with Crippen LogP contribution in [0.1, 0.15) is 25.3 Å². The van der Waals surface area contributed by atoms with Crippen LogP contribution in [0.25, 0.3) is 0 Å². The second-order valence-electron chi connectivity index (χ2n) is 4.61. The van der Waals surface area contributed by atoms with Crippen molar-refractivity contribution in [3.05, 3.63) is 28.8 Å². The van der Waals surface area contributed by atoms with Crippen molar-refractivity contribution in [2.75, 3.05) is 19.7 Å². The van der Waals surface area contributed by atoms with Crippen LogP contribution in [0.2, 0.25) is 5.02 Å². The fraction of sp³-hybridized carbons (Fsp3) is 0.571. The van der Waals surface area contributed by atoms with E-state index in [-0.39, 0.29) is 0 Å². The molecule has 1 heterocycles. The summed E-state index contributed by atoms with van der Waals surface area (Å²) in [5.41, 5.74) is 1.20. The molecule has 0 atom stereocenters. The van der Waals surface area contributed by atoms with E-state index in [0.29, 0.717) is 5.92 Å². The minimum absolute atomic E-state index is 0.691. The lowest BCUT2D eigenvalue weighted by Crippen LogP contribution is -2.30. The van der Waals surface area contributed by atoms with Gasteiger partial charge in [0.05, 0.1) is 6.61 Å². The molecule has 0 amide bonds. The number of halogens is 1. The van der Waals surface area contributed by atoms with Crippen molar-refractivity contribution in [1.82, 2.24) is 5.32 Å². The summed E-state index contributed by atoms with van der Waals surface area (Å²) in [6.07, 6.45) is 3.40. The van der Waals surface area contributed by atoms with Crippen LogP contribution in [0.5, 0.6) is 5.75 Å². The van der Waals surface area contributed by atoms with E-state index < -0.39 is 0 Å². The van der Waals surface area contributed by atoms with Crippen molar-refractivity contribution in [2.24, 2.45) is 5.92 Å². The highest BCUT2D eigenvalue weighted by atomic mass is 35.5. The Kier molecular flexibility index (Phi) is 4.69. The summed E-state index contributed by atoms with van der Waals surface area (Å²) in [4.78, 5) is 0. The Hall–Kier alpha value is -0.730. The predicted octanol–water partition coefficient (Wildman–Crippen LogP) is 3.28. The molecule has 0 aromatic heterocycles. The first kappa shape index (κ1) is 12.7. The predicted molar refractivity (Wildman–Crippen MR) is 71.9 cm³/mol. The summed E-state index contributed by atoms with van der Waals surface area (Å²) in [7, 11) is 0. The lowest BCUT2D eigenvalue weighted by atomic mass is 9.99. The SMILES string of the molecule is CCc1cc(Cl)ccc1OCC1CCNCC1. The average molecular weight is 254 g/mol. The normalized spacial score (nSPS) is 17.1. The third-order valence-electron chi connectivity index (χ3n) is 3.34. The van der Waals surface area contributed by atoms with Gasteiger partial charge in [-0.3, -0.25) is 0 Å². The summed E-state index contributed by atoms with van der Waals surface area (Å²) < 4.78 is 5.94. The summed E-state index contributed by atoms with van der Waals surface area (Å²) in [5, 5.41) is 4.16. The van der Waals surface area contributed by atoms with Gasteiger partial charge < -0.3 is 10.1 Å². The maximum atomic E-state index is 5.98. The van der Waals surface area contributed by atoms with Gasteiger partial charge in [0.2, 0.25) is 0 Å². The van der Waals surface area contributed by atoms with Crippen LogP contribution >= 0.6 is 11.6 Å². The van der Waals surface area contributed by atoms with Crippen molar-refractivity contribution in [1.29, 1.82) is 0 Å². The molecule has 1 aliphatic rings. The number of aryl methyl sites for hydroxylation is 1. The second kappa shape index (κ2) is 6.27. The quantitative estimate of drug-likeness (QED) is 0.889. The lowest BCUT2D eigenvalue weighted by Gasteiger charge is -2.23. The number of hydrogen-bond donors (Lipinski definition) is 1. The van der Waals surface area contributed by atoms with Gasteiger partial charge in [0.25, 0.3) is 0 Å². The molecular formula is C14H20ClNO. The highest BCUT2D eigenvalue weighted by molar-refractivity contribution is 6.30. The van der Waals surface area contributed by atoms with Crippen LogP contribution in [0, 0.1) is 5.92 Å². The molecule has 0 spiro atoms. The van der Waals surface area contributed by atoms with E-state index in [1.807, 2.05) is 18.2 Å². The zero-order valence-corrected chi connectivity index (χ0v) is 11.1. The van der Waals surface area contributed by atoms with Gasteiger partial charge in [-0.1, -0.05) is 18.5 Å². The van der Waals surface area contributed by atoms with Crippen LogP contribution < -0.4 is 10.1 Å². The average Bonchev–Trinajstić information content (AvgIpc) is 2.38. The molecule has 94 valence electrons. The Bertz CT molecular complexity index is 361. The molecule has 17 heavy (non-hydrogen) atoms. The number of benzene rings is 1.